The van der Waals surface area contributed by atoms with Gasteiger partial charge in [-0.3, -0.25) is 4.79 Å². The number of halogens is 3. The number of aryl methyl sites for hydroxylation is 1. The van der Waals surface area contributed by atoms with Crippen LogP contribution in [-0.2, 0) is 0 Å². The van der Waals surface area contributed by atoms with Crippen molar-refractivity contribution in [1.82, 2.24) is 9.88 Å². The number of piperidine rings is 1. The highest BCUT2D eigenvalue weighted by molar-refractivity contribution is 6.31. The average molecular weight is 328 g/mol. The number of alkyl halides is 1. The molecule has 0 saturated carbocycles. The Bertz CT molecular complexity index is 746. The Morgan fingerprint density at radius 2 is 2.23 bits per heavy atom. The summed E-state index contributed by atoms with van der Waals surface area (Å²) in [5.74, 6) is -0.773. The predicted molar refractivity (Wildman–Crippen MR) is 81.4 cm³/mol. The van der Waals surface area contributed by atoms with E-state index >= 15 is 0 Å². The van der Waals surface area contributed by atoms with Crippen LogP contribution in [0.3, 0.4) is 0 Å². The van der Waals surface area contributed by atoms with Gasteiger partial charge in [0.25, 0.3) is 5.91 Å². The van der Waals surface area contributed by atoms with Crippen molar-refractivity contribution in [2.24, 2.45) is 5.73 Å². The zero-order valence-electron chi connectivity index (χ0n) is 12.0. The fourth-order valence-corrected chi connectivity index (χ4v) is 3.07. The molecule has 1 aliphatic rings. The number of nitrogens with zero attached hydrogens (tertiary/aromatic N) is 1. The van der Waals surface area contributed by atoms with Gasteiger partial charge in [0.15, 0.2) is 0 Å². The molecular weight excluding hydrogens is 312 g/mol. The van der Waals surface area contributed by atoms with Gasteiger partial charge in [0.1, 0.15) is 17.7 Å². The second-order valence-electron chi connectivity index (χ2n) is 5.66. The van der Waals surface area contributed by atoms with Crippen molar-refractivity contribution in [2.45, 2.75) is 25.6 Å². The molecule has 1 aromatic carbocycles. The minimum atomic E-state index is -1.08. The van der Waals surface area contributed by atoms with E-state index in [0.29, 0.717) is 28.7 Å². The lowest BCUT2D eigenvalue weighted by molar-refractivity contribution is 0.0625. The highest BCUT2D eigenvalue weighted by atomic mass is 35.5. The molecule has 0 unspecified atom stereocenters. The molecule has 1 aliphatic heterocycles. The molecule has 118 valence electrons. The fourth-order valence-electron chi connectivity index (χ4n) is 2.81. The number of hydrogen-bond acceptors (Lipinski definition) is 2. The first kappa shape index (κ1) is 15.2. The van der Waals surface area contributed by atoms with Gasteiger partial charge in [0.05, 0.1) is 16.6 Å². The second-order valence-corrected chi connectivity index (χ2v) is 6.07. The van der Waals surface area contributed by atoms with Crippen LogP contribution in [0.2, 0.25) is 5.02 Å². The van der Waals surface area contributed by atoms with E-state index in [4.69, 9.17) is 17.3 Å². The molecular formula is C15H16ClF2N3O. The smallest absolute Gasteiger partial charge is 0.270 e. The molecule has 2 atom stereocenters. The van der Waals surface area contributed by atoms with Crippen LogP contribution in [0.4, 0.5) is 8.78 Å². The fraction of sp³-hybridized carbons (Fsp3) is 0.400. The molecule has 7 heteroatoms. The third kappa shape index (κ3) is 2.46. The van der Waals surface area contributed by atoms with Gasteiger partial charge in [-0.15, -0.1) is 0 Å². The van der Waals surface area contributed by atoms with E-state index in [9.17, 15) is 13.6 Å². The SMILES string of the molecule is Cc1c(F)c(Cl)cc2cc(C(=O)N3CC[C@H](F)[C@@H](N)C3)[nH]c12. The molecule has 2 heterocycles. The molecule has 1 amide bonds. The molecule has 1 aromatic heterocycles. The number of H-pyrrole nitrogens is 1. The molecule has 0 radical (unpaired) electrons. The van der Waals surface area contributed by atoms with E-state index < -0.39 is 18.0 Å². The number of carbonyl (C=O) groups excluding carboxylic acids is 1. The maximum absolute atomic E-state index is 13.8. The highest BCUT2D eigenvalue weighted by Gasteiger charge is 2.30. The Morgan fingerprint density at radius 1 is 1.50 bits per heavy atom. The highest BCUT2D eigenvalue weighted by Crippen LogP contribution is 2.28. The molecule has 0 bridgehead atoms. The number of aromatic amines is 1. The number of rotatable bonds is 1. The molecule has 1 saturated heterocycles. The number of likely N-dealkylation sites (tertiary alicyclic amines) is 1. The third-order valence-electron chi connectivity index (χ3n) is 4.13. The Morgan fingerprint density at radius 3 is 2.91 bits per heavy atom. The summed E-state index contributed by atoms with van der Waals surface area (Å²) in [7, 11) is 0. The maximum Gasteiger partial charge on any atom is 0.270 e. The summed E-state index contributed by atoms with van der Waals surface area (Å²) >= 11 is 5.82. The van der Waals surface area contributed by atoms with Gasteiger partial charge in [0.2, 0.25) is 0 Å². The van der Waals surface area contributed by atoms with E-state index in [1.54, 1.807) is 13.0 Å². The van der Waals surface area contributed by atoms with Gasteiger partial charge in [-0.25, -0.2) is 8.78 Å². The van der Waals surface area contributed by atoms with Crippen LogP contribution in [0, 0.1) is 12.7 Å². The first-order valence-electron chi connectivity index (χ1n) is 7.04. The van der Waals surface area contributed by atoms with Crippen LogP contribution in [0.15, 0.2) is 12.1 Å². The van der Waals surface area contributed by atoms with E-state index in [0.717, 1.165) is 0 Å². The summed E-state index contributed by atoms with van der Waals surface area (Å²) in [4.78, 5) is 16.9. The zero-order chi connectivity index (χ0) is 16.0. The van der Waals surface area contributed by atoms with Crippen molar-refractivity contribution in [3.8, 4) is 0 Å². The van der Waals surface area contributed by atoms with E-state index in [1.165, 1.54) is 11.0 Å². The van der Waals surface area contributed by atoms with Crippen molar-refractivity contribution in [2.75, 3.05) is 13.1 Å². The lowest BCUT2D eigenvalue weighted by Gasteiger charge is -2.32. The molecule has 3 rings (SSSR count). The maximum atomic E-state index is 13.8. The number of nitrogens with one attached hydrogen (secondary N) is 1. The lowest BCUT2D eigenvalue weighted by atomic mass is 10.0. The number of hydrogen-bond donors (Lipinski definition) is 2. The summed E-state index contributed by atoms with van der Waals surface area (Å²) in [5.41, 5.74) is 6.90. The van der Waals surface area contributed by atoms with Crippen molar-refractivity contribution in [1.29, 1.82) is 0 Å². The van der Waals surface area contributed by atoms with Crippen molar-refractivity contribution >= 4 is 28.4 Å². The number of amides is 1. The lowest BCUT2D eigenvalue weighted by Crippen LogP contribution is -2.51. The average Bonchev–Trinajstić information content (AvgIpc) is 2.91. The van der Waals surface area contributed by atoms with Crippen molar-refractivity contribution < 1.29 is 13.6 Å². The van der Waals surface area contributed by atoms with Crippen LogP contribution in [-0.4, -0.2) is 41.1 Å². The van der Waals surface area contributed by atoms with Crippen molar-refractivity contribution in [3.63, 3.8) is 0 Å². The minimum absolute atomic E-state index is 0.0169. The van der Waals surface area contributed by atoms with Crippen LogP contribution in [0.5, 0.6) is 0 Å². The van der Waals surface area contributed by atoms with E-state index in [2.05, 4.69) is 4.98 Å². The molecule has 0 spiro atoms. The summed E-state index contributed by atoms with van der Waals surface area (Å²) in [6.07, 6.45) is -0.853. The Balaban J connectivity index is 1.93. The minimum Gasteiger partial charge on any atom is -0.350 e. The van der Waals surface area contributed by atoms with Crippen LogP contribution in [0.25, 0.3) is 10.9 Å². The van der Waals surface area contributed by atoms with Crippen molar-refractivity contribution in [3.05, 3.63) is 34.2 Å². The Labute approximate surface area is 131 Å². The van der Waals surface area contributed by atoms with Crippen LogP contribution >= 0.6 is 11.6 Å². The largest absolute Gasteiger partial charge is 0.350 e. The zero-order valence-corrected chi connectivity index (χ0v) is 12.8. The van der Waals surface area contributed by atoms with Crippen LogP contribution < -0.4 is 5.73 Å². The van der Waals surface area contributed by atoms with Gasteiger partial charge in [0, 0.05) is 24.0 Å². The normalized spacial score (nSPS) is 22.3. The predicted octanol–water partition coefficient (Wildman–Crippen LogP) is 2.78. The summed E-state index contributed by atoms with van der Waals surface area (Å²) in [6.45, 7) is 2.08. The second kappa shape index (κ2) is 5.52. The molecule has 0 aliphatic carbocycles. The number of benzene rings is 1. The van der Waals surface area contributed by atoms with E-state index in [1.807, 2.05) is 0 Å². The molecule has 2 aromatic rings. The first-order chi connectivity index (χ1) is 10.4. The van der Waals surface area contributed by atoms with E-state index in [-0.39, 0.29) is 23.9 Å². The topological polar surface area (TPSA) is 62.1 Å². The molecule has 4 nitrogen and oxygen atoms in total. The Kier molecular flexibility index (Phi) is 3.82. The number of fused-ring (bicyclic) bond motifs is 1. The van der Waals surface area contributed by atoms with Gasteiger partial charge in [-0.1, -0.05) is 11.6 Å². The summed E-state index contributed by atoms with van der Waals surface area (Å²) in [5, 5.41) is 0.681. The monoisotopic (exact) mass is 327 g/mol. The third-order valence-corrected chi connectivity index (χ3v) is 4.41. The first-order valence-corrected chi connectivity index (χ1v) is 7.42. The summed E-state index contributed by atoms with van der Waals surface area (Å²) < 4.78 is 27.2. The number of carbonyl (C=O) groups is 1. The standard InChI is InChI=1S/C15H16ClF2N3O/c1-7-13(18)9(16)4-8-5-12(20-14(7)8)15(22)21-3-2-10(17)11(19)6-21/h4-5,10-11,20H,2-3,6,19H2,1H3/t10-,11-/m0/s1. The van der Waals surface area contributed by atoms with Gasteiger partial charge in [-0.2, -0.15) is 0 Å². The van der Waals surface area contributed by atoms with Crippen LogP contribution in [0.1, 0.15) is 22.5 Å². The van der Waals surface area contributed by atoms with Gasteiger partial charge < -0.3 is 15.6 Å². The Hall–Kier alpha value is -1.66. The summed E-state index contributed by atoms with van der Waals surface area (Å²) in [6, 6.07) is 2.44. The van der Waals surface area contributed by atoms with Gasteiger partial charge >= 0.3 is 0 Å². The molecule has 22 heavy (non-hydrogen) atoms. The number of nitrogens with two attached hydrogens (primary N) is 1. The quantitative estimate of drug-likeness (QED) is 0.846. The van der Waals surface area contributed by atoms with Gasteiger partial charge in [-0.05, 0) is 25.5 Å². The molecule has 1 fully saturated rings. The number of aromatic nitrogens is 1. The molecule has 3 N–H and O–H groups in total.